The molecule has 0 unspecified atom stereocenters. The fourth-order valence-corrected chi connectivity index (χ4v) is 1.83. The maximum absolute atomic E-state index is 5.52. The first-order valence-corrected chi connectivity index (χ1v) is 5.17. The van der Waals surface area contributed by atoms with Gasteiger partial charge in [-0.05, 0) is 12.8 Å². The molecule has 0 saturated carbocycles. The summed E-state index contributed by atoms with van der Waals surface area (Å²) in [6.45, 7) is 3.32. The molecule has 1 aromatic rings. The van der Waals surface area contributed by atoms with Crippen molar-refractivity contribution in [3.8, 4) is 0 Å². The van der Waals surface area contributed by atoms with Crippen molar-refractivity contribution in [1.29, 1.82) is 0 Å². The first kappa shape index (κ1) is 9.68. The lowest BCUT2D eigenvalue weighted by molar-refractivity contribution is 0.0470. The molecule has 1 aromatic heterocycles. The van der Waals surface area contributed by atoms with Crippen molar-refractivity contribution in [3.63, 3.8) is 0 Å². The molecule has 1 fully saturated rings. The molecule has 4 heteroatoms. The standard InChI is InChI=1S/C10H17N3O/c11-4-10-5-12-13(7-10)6-9-2-1-3-14-8-9/h5,7,9H,1-4,6,8,11H2/t9-/m0/s1. The Balaban J connectivity index is 1.89. The van der Waals surface area contributed by atoms with E-state index in [9.17, 15) is 0 Å². The minimum atomic E-state index is 0.571. The van der Waals surface area contributed by atoms with Crippen LogP contribution in [0.15, 0.2) is 12.4 Å². The maximum Gasteiger partial charge on any atom is 0.0534 e. The van der Waals surface area contributed by atoms with Crippen LogP contribution in [0.3, 0.4) is 0 Å². The monoisotopic (exact) mass is 195 g/mol. The summed E-state index contributed by atoms with van der Waals surface area (Å²) in [7, 11) is 0. The van der Waals surface area contributed by atoms with Crippen molar-refractivity contribution in [3.05, 3.63) is 18.0 Å². The molecule has 0 aliphatic carbocycles. The molecule has 14 heavy (non-hydrogen) atoms. The number of ether oxygens (including phenoxy) is 1. The van der Waals surface area contributed by atoms with E-state index in [0.717, 1.165) is 25.3 Å². The molecular weight excluding hydrogens is 178 g/mol. The fraction of sp³-hybridized carbons (Fsp3) is 0.700. The molecule has 2 heterocycles. The van der Waals surface area contributed by atoms with Gasteiger partial charge in [-0.2, -0.15) is 5.10 Å². The number of hydrogen-bond acceptors (Lipinski definition) is 3. The second kappa shape index (κ2) is 4.57. The largest absolute Gasteiger partial charge is 0.381 e. The Morgan fingerprint density at radius 2 is 2.57 bits per heavy atom. The molecule has 4 nitrogen and oxygen atoms in total. The van der Waals surface area contributed by atoms with Crippen LogP contribution in [0.4, 0.5) is 0 Å². The van der Waals surface area contributed by atoms with Gasteiger partial charge in [0.15, 0.2) is 0 Å². The van der Waals surface area contributed by atoms with E-state index in [2.05, 4.69) is 5.10 Å². The zero-order valence-electron chi connectivity index (χ0n) is 8.35. The summed E-state index contributed by atoms with van der Waals surface area (Å²) < 4.78 is 7.40. The molecular formula is C10H17N3O. The van der Waals surface area contributed by atoms with Gasteiger partial charge in [-0.1, -0.05) is 0 Å². The van der Waals surface area contributed by atoms with Crippen molar-refractivity contribution >= 4 is 0 Å². The SMILES string of the molecule is NCc1cnn(C[C@@H]2CCCOC2)c1. The Morgan fingerprint density at radius 1 is 1.64 bits per heavy atom. The summed E-state index contributed by atoms with van der Waals surface area (Å²) in [5.74, 6) is 0.620. The Hall–Kier alpha value is -0.870. The van der Waals surface area contributed by atoms with Crippen LogP contribution in [0, 0.1) is 5.92 Å². The van der Waals surface area contributed by atoms with Crippen molar-refractivity contribution in [2.24, 2.45) is 11.7 Å². The van der Waals surface area contributed by atoms with Gasteiger partial charge in [-0.25, -0.2) is 0 Å². The van der Waals surface area contributed by atoms with Gasteiger partial charge >= 0.3 is 0 Å². The maximum atomic E-state index is 5.52. The smallest absolute Gasteiger partial charge is 0.0534 e. The molecule has 1 aliphatic rings. The van der Waals surface area contributed by atoms with Crippen LogP contribution in [0.1, 0.15) is 18.4 Å². The minimum absolute atomic E-state index is 0.571. The summed E-state index contributed by atoms with van der Waals surface area (Å²) in [6.07, 6.45) is 6.28. The first-order chi connectivity index (χ1) is 6.88. The van der Waals surface area contributed by atoms with E-state index in [1.165, 1.54) is 12.8 Å². The molecule has 0 radical (unpaired) electrons. The molecule has 0 bridgehead atoms. The first-order valence-electron chi connectivity index (χ1n) is 5.17. The van der Waals surface area contributed by atoms with E-state index < -0.39 is 0 Å². The second-order valence-corrected chi connectivity index (χ2v) is 3.86. The van der Waals surface area contributed by atoms with Crippen LogP contribution in [-0.2, 0) is 17.8 Å². The number of aromatic nitrogens is 2. The van der Waals surface area contributed by atoms with Crippen LogP contribution < -0.4 is 5.73 Å². The molecule has 0 spiro atoms. The van der Waals surface area contributed by atoms with E-state index >= 15 is 0 Å². The van der Waals surface area contributed by atoms with Crippen LogP contribution in [0.5, 0.6) is 0 Å². The Labute approximate surface area is 84.0 Å². The molecule has 1 aliphatic heterocycles. The van der Waals surface area contributed by atoms with E-state index in [0.29, 0.717) is 12.5 Å². The molecule has 2 N–H and O–H groups in total. The van der Waals surface area contributed by atoms with Crippen molar-refractivity contribution in [1.82, 2.24) is 9.78 Å². The normalized spacial score (nSPS) is 22.5. The van der Waals surface area contributed by atoms with E-state index in [-0.39, 0.29) is 0 Å². The Bertz CT molecular complexity index is 279. The summed E-state index contributed by atoms with van der Waals surface area (Å²) in [4.78, 5) is 0. The topological polar surface area (TPSA) is 53.1 Å². The number of rotatable bonds is 3. The third-order valence-electron chi connectivity index (χ3n) is 2.62. The Kier molecular flexibility index (Phi) is 3.16. The van der Waals surface area contributed by atoms with Gasteiger partial charge in [-0.15, -0.1) is 0 Å². The lowest BCUT2D eigenvalue weighted by Crippen LogP contribution is -2.22. The van der Waals surface area contributed by atoms with Gasteiger partial charge in [0.25, 0.3) is 0 Å². The number of nitrogens with two attached hydrogens (primary N) is 1. The number of hydrogen-bond donors (Lipinski definition) is 1. The van der Waals surface area contributed by atoms with E-state index in [1.807, 2.05) is 17.1 Å². The van der Waals surface area contributed by atoms with Crippen molar-refractivity contribution < 1.29 is 4.74 Å². The predicted octanol–water partition coefficient (Wildman–Crippen LogP) is 0.768. The molecule has 1 saturated heterocycles. The lowest BCUT2D eigenvalue weighted by Gasteiger charge is -2.21. The Morgan fingerprint density at radius 3 is 3.21 bits per heavy atom. The highest BCUT2D eigenvalue weighted by Gasteiger charge is 2.14. The predicted molar refractivity (Wildman–Crippen MR) is 53.7 cm³/mol. The van der Waals surface area contributed by atoms with Crippen LogP contribution in [0.2, 0.25) is 0 Å². The third kappa shape index (κ3) is 2.33. The van der Waals surface area contributed by atoms with Crippen molar-refractivity contribution in [2.75, 3.05) is 13.2 Å². The van der Waals surface area contributed by atoms with Gasteiger partial charge in [0.05, 0.1) is 12.8 Å². The van der Waals surface area contributed by atoms with Gasteiger partial charge in [0.1, 0.15) is 0 Å². The molecule has 0 amide bonds. The highest BCUT2D eigenvalue weighted by atomic mass is 16.5. The zero-order valence-corrected chi connectivity index (χ0v) is 8.35. The molecule has 1 atom stereocenters. The van der Waals surface area contributed by atoms with Crippen LogP contribution >= 0.6 is 0 Å². The van der Waals surface area contributed by atoms with Gasteiger partial charge in [0, 0.05) is 37.4 Å². The van der Waals surface area contributed by atoms with Gasteiger partial charge < -0.3 is 10.5 Å². The fourth-order valence-electron chi connectivity index (χ4n) is 1.83. The van der Waals surface area contributed by atoms with E-state index in [1.54, 1.807) is 0 Å². The molecule has 78 valence electrons. The summed E-state index contributed by atoms with van der Waals surface area (Å²) >= 11 is 0. The highest BCUT2D eigenvalue weighted by Crippen LogP contribution is 2.15. The highest BCUT2D eigenvalue weighted by molar-refractivity contribution is 5.02. The lowest BCUT2D eigenvalue weighted by atomic mass is 10.0. The quantitative estimate of drug-likeness (QED) is 0.775. The second-order valence-electron chi connectivity index (χ2n) is 3.86. The zero-order chi connectivity index (χ0) is 9.80. The van der Waals surface area contributed by atoms with E-state index in [4.69, 9.17) is 10.5 Å². The van der Waals surface area contributed by atoms with Crippen LogP contribution in [-0.4, -0.2) is 23.0 Å². The number of nitrogens with zero attached hydrogens (tertiary/aromatic N) is 2. The van der Waals surface area contributed by atoms with Crippen LogP contribution in [0.25, 0.3) is 0 Å². The summed E-state index contributed by atoms with van der Waals surface area (Å²) in [5.41, 5.74) is 6.62. The molecule has 0 aromatic carbocycles. The van der Waals surface area contributed by atoms with Crippen molar-refractivity contribution in [2.45, 2.75) is 25.9 Å². The minimum Gasteiger partial charge on any atom is -0.381 e. The molecule has 2 rings (SSSR count). The van der Waals surface area contributed by atoms with Gasteiger partial charge in [0.2, 0.25) is 0 Å². The summed E-state index contributed by atoms with van der Waals surface area (Å²) in [6, 6.07) is 0. The average molecular weight is 195 g/mol. The third-order valence-corrected chi connectivity index (χ3v) is 2.62. The summed E-state index contributed by atoms with van der Waals surface area (Å²) in [5, 5.41) is 4.26. The van der Waals surface area contributed by atoms with Gasteiger partial charge in [-0.3, -0.25) is 4.68 Å². The average Bonchev–Trinajstić information content (AvgIpc) is 2.67.